The summed E-state index contributed by atoms with van der Waals surface area (Å²) < 4.78 is 12.8. The van der Waals surface area contributed by atoms with Gasteiger partial charge in [-0.3, -0.25) is 0 Å². The second kappa shape index (κ2) is 11.2. The highest BCUT2D eigenvalue weighted by molar-refractivity contribution is 6.23. The first-order chi connectivity index (χ1) is 26.7. The molecule has 54 heavy (non-hydrogen) atoms. The summed E-state index contributed by atoms with van der Waals surface area (Å²) in [5.41, 5.74) is 10.7. The second-order valence-electron chi connectivity index (χ2n) is 14.4. The normalized spacial score (nSPS) is 12.1. The molecule has 0 saturated heterocycles. The van der Waals surface area contributed by atoms with Gasteiger partial charge in [0.25, 0.3) is 0 Å². The van der Waals surface area contributed by atoms with E-state index in [1.807, 2.05) is 6.07 Å². The van der Waals surface area contributed by atoms with E-state index in [1.54, 1.807) is 0 Å². The van der Waals surface area contributed by atoms with Crippen molar-refractivity contribution in [2.24, 2.45) is 0 Å². The van der Waals surface area contributed by atoms with Gasteiger partial charge in [-0.15, -0.1) is 0 Å². The number of hydrogen-bond donors (Lipinski definition) is 0. The van der Waals surface area contributed by atoms with Crippen molar-refractivity contribution < 1.29 is 8.83 Å². The minimum absolute atomic E-state index is 0.834. The molecule has 0 fully saturated rings. The lowest BCUT2D eigenvalue weighted by Crippen LogP contribution is -1.90. The summed E-state index contributed by atoms with van der Waals surface area (Å²) in [5, 5.41) is 14.4. The van der Waals surface area contributed by atoms with Crippen molar-refractivity contribution in [2.75, 3.05) is 0 Å². The molecule has 0 bridgehead atoms. The van der Waals surface area contributed by atoms with Crippen LogP contribution in [0.4, 0.5) is 0 Å². The van der Waals surface area contributed by atoms with Crippen LogP contribution in [0.5, 0.6) is 0 Å². The van der Waals surface area contributed by atoms with Crippen molar-refractivity contribution in [3.63, 3.8) is 0 Å². The molecule has 0 atom stereocenters. The third-order valence-electron chi connectivity index (χ3n) is 11.4. The van der Waals surface area contributed by atoms with Crippen LogP contribution in [-0.2, 0) is 0 Å². The molecule has 12 aromatic rings. The van der Waals surface area contributed by atoms with Gasteiger partial charge in [0.1, 0.15) is 22.3 Å². The van der Waals surface area contributed by atoms with Crippen molar-refractivity contribution >= 4 is 87.0 Å². The van der Waals surface area contributed by atoms with Crippen molar-refractivity contribution in [3.05, 3.63) is 182 Å². The van der Waals surface area contributed by atoms with Crippen LogP contribution in [0.1, 0.15) is 0 Å². The van der Waals surface area contributed by atoms with Crippen LogP contribution < -0.4 is 0 Å². The molecule has 2 heterocycles. The number of benzene rings is 10. The van der Waals surface area contributed by atoms with E-state index in [9.17, 15) is 0 Å². The van der Waals surface area contributed by atoms with E-state index in [1.165, 1.54) is 65.3 Å². The predicted octanol–water partition coefficient (Wildman–Crippen LogP) is 15.1. The van der Waals surface area contributed by atoms with Gasteiger partial charge in [-0.05, 0) is 113 Å². The number of hydrogen-bond acceptors (Lipinski definition) is 2. The Labute approximate surface area is 310 Å². The number of rotatable bonds is 3. The van der Waals surface area contributed by atoms with Gasteiger partial charge in [0, 0.05) is 27.6 Å². The summed E-state index contributed by atoms with van der Waals surface area (Å²) in [5.74, 6) is 0. The molecule has 0 radical (unpaired) electrons. The molecule has 10 aromatic carbocycles. The van der Waals surface area contributed by atoms with E-state index in [0.717, 1.165) is 55.0 Å². The van der Waals surface area contributed by atoms with Crippen molar-refractivity contribution in [2.45, 2.75) is 0 Å². The average Bonchev–Trinajstić information content (AvgIpc) is 3.78. The zero-order valence-electron chi connectivity index (χ0n) is 29.1. The van der Waals surface area contributed by atoms with E-state index < -0.39 is 0 Å². The Morgan fingerprint density at radius 3 is 1.50 bits per heavy atom. The van der Waals surface area contributed by atoms with Crippen LogP contribution in [0.15, 0.2) is 191 Å². The van der Waals surface area contributed by atoms with Crippen LogP contribution >= 0.6 is 0 Å². The minimum Gasteiger partial charge on any atom is -0.456 e. The number of furan rings is 2. The molecule has 250 valence electrons. The topological polar surface area (TPSA) is 26.3 Å². The summed E-state index contributed by atoms with van der Waals surface area (Å²) in [6.07, 6.45) is 0. The Kier molecular flexibility index (Phi) is 6.09. The lowest BCUT2D eigenvalue weighted by atomic mass is 9.85. The van der Waals surface area contributed by atoms with Crippen LogP contribution in [0.2, 0.25) is 0 Å². The van der Waals surface area contributed by atoms with Crippen LogP contribution in [0, 0.1) is 0 Å². The zero-order valence-corrected chi connectivity index (χ0v) is 29.1. The average molecular weight is 687 g/mol. The molecule has 2 aromatic heterocycles. The predicted molar refractivity (Wildman–Crippen MR) is 227 cm³/mol. The second-order valence-corrected chi connectivity index (χ2v) is 14.4. The van der Waals surface area contributed by atoms with Gasteiger partial charge in [-0.25, -0.2) is 0 Å². The van der Waals surface area contributed by atoms with Crippen LogP contribution in [0.3, 0.4) is 0 Å². The first-order valence-corrected chi connectivity index (χ1v) is 18.5. The highest BCUT2D eigenvalue weighted by atomic mass is 16.3. The van der Waals surface area contributed by atoms with E-state index in [4.69, 9.17) is 8.83 Å². The largest absolute Gasteiger partial charge is 0.456 e. The van der Waals surface area contributed by atoms with Gasteiger partial charge in [-0.2, -0.15) is 0 Å². The van der Waals surface area contributed by atoms with Crippen molar-refractivity contribution in [3.8, 4) is 33.4 Å². The van der Waals surface area contributed by atoms with Gasteiger partial charge < -0.3 is 8.83 Å². The van der Waals surface area contributed by atoms with Gasteiger partial charge in [-0.1, -0.05) is 140 Å². The number of fused-ring (bicyclic) bond motifs is 11. The van der Waals surface area contributed by atoms with Gasteiger partial charge in [0.05, 0.1) is 0 Å². The lowest BCUT2D eigenvalue weighted by Gasteiger charge is -2.18. The SMILES string of the molecule is c1ccc(-c2c3ccccc3c(-c3ccc4cc(-c5ccc6c(c5)oc5cc7oc8ccc9ccccc9c8c7cc56)ccc4c3)c3ccccc23)cc1. The molecule has 0 amide bonds. The molecular weight excluding hydrogens is 657 g/mol. The van der Waals surface area contributed by atoms with E-state index in [0.29, 0.717) is 0 Å². The molecule has 0 aliphatic heterocycles. The molecule has 0 aliphatic carbocycles. The molecule has 0 saturated carbocycles. The summed E-state index contributed by atoms with van der Waals surface area (Å²) in [6, 6.07) is 65.7. The third-order valence-corrected chi connectivity index (χ3v) is 11.4. The summed E-state index contributed by atoms with van der Waals surface area (Å²) in [6.45, 7) is 0. The Balaban J connectivity index is 0.967. The molecule has 2 nitrogen and oxygen atoms in total. The van der Waals surface area contributed by atoms with E-state index >= 15 is 0 Å². The molecule has 0 spiro atoms. The summed E-state index contributed by atoms with van der Waals surface area (Å²) in [7, 11) is 0. The maximum atomic E-state index is 6.51. The fraction of sp³-hybridized carbons (Fsp3) is 0. The van der Waals surface area contributed by atoms with Crippen molar-refractivity contribution in [1.29, 1.82) is 0 Å². The maximum absolute atomic E-state index is 6.51. The summed E-state index contributed by atoms with van der Waals surface area (Å²) >= 11 is 0. The van der Waals surface area contributed by atoms with Gasteiger partial charge in [0.15, 0.2) is 0 Å². The molecule has 2 heteroatoms. The summed E-state index contributed by atoms with van der Waals surface area (Å²) in [4.78, 5) is 0. The van der Waals surface area contributed by atoms with Gasteiger partial charge >= 0.3 is 0 Å². The van der Waals surface area contributed by atoms with Crippen LogP contribution in [0.25, 0.3) is 120 Å². The van der Waals surface area contributed by atoms with E-state index in [-0.39, 0.29) is 0 Å². The molecule has 0 unspecified atom stereocenters. The standard InChI is InChI=1S/C52H30O2/c1-2-11-32(12-3-1)50-40-14-6-8-16-42(40)51(43-17-9-7-15-41(43)50)37-21-20-33-26-34(18-19-35(33)27-37)36-22-24-39-44-29-45-49(30-48(44)54-47(39)28-36)53-46-25-23-31-10-4-5-13-38(31)52(45)46/h1-30H. The Bertz CT molecular complexity index is 3430. The smallest absolute Gasteiger partial charge is 0.139 e. The zero-order chi connectivity index (χ0) is 35.3. The van der Waals surface area contributed by atoms with Gasteiger partial charge in [0.2, 0.25) is 0 Å². The minimum atomic E-state index is 0.834. The Hall–Kier alpha value is -7.16. The highest BCUT2D eigenvalue weighted by Gasteiger charge is 2.18. The molecular formula is C52H30O2. The molecule has 0 N–H and O–H groups in total. The molecule has 12 rings (SSSR count). The first-order valence-electron chi connectivity index (χ1n) is 18.5. The molecule has 0 aliphatic rings. The maximum Gasteiger partial charge on any atom is 0.139 e. The quantitative estimate of drug-likeness (QED) is 0.173. The lowest BCUT2D eigenvalue weighted by molar-refractivity contribution is 0.656. The Morgan fingerprint density at radius 2 is 0.759 bits per heavy atom. The van der Waals surface area contributed by atoms with Crippen molar-refractivity contribution in [1.82, 2.24) is 0 Å². The van der Waals surface area contributed by atoms with E-state index in [2.05, 4.69) is 176 Å². The third kappa shape index (κ3) is 4.28. The highest BCUT2D eigenvalue weighted by Crippen LogP contribution is 2.45. The first kappa shape index (κ1) is 29.4. The van der Waals surface area contributed by atoms with Crippen LogP contribution in [-0.4, -0.2) is 0 Å². The Morgan fingerprint density at radius 1 is 0.241 bits per heavy atom. The fourth-order valence-corrected chi connectivity index (χ4v) is 8.93. The fourth-order valence-electron chi connectivity index (χ4n) is 8.93. The monoisotopic (exact) mass is 686 g/mol.